The Kier molecular flexibility index (Phi) is 28.4. The Morgan fingerprint density at radius 1 is 1.27 bits per heavy atom. The molecule has 0 saturated heterocycles. The molecule has 0 saturated carbocycles. The molecule has 2 nitrogen and oxygen atoms in total. The molecule has 0 spiro atoms. The monoisotopic (exact) mass is 261 g/mol. The zero-order valence-electron chi connectivity index (χ0n) is 8.53. The minimum atomic E-state index is -5.50. The van der Waals surface area contributed by atoms with Crippen molar-refractivity contribution in [3.05, 3.63) is 13.8 Å². The zero-order valence-corrected chi connectivity index (χ0v) is 11.7. The van der Waals surface area contributed by atoms with Gasteiger partial charge in [0.2, 0.25) is 0 Å². The van der Waals surface area contributed by atoms with E-state index >= 15 is 0 Å². The predicted octanol–water partition coefficient (Wildman–Crippen LogP) is -0.347. The van der Waals surface area contributed by atoms with Gasteiger partial charge in [-0.05, 0) is 13.3 Å². The van der Waals surface area contributed by atoms with Gasteiger partial charge in [0.25, 0.3) is 5.97 Å². The number of alkyl halides is 5. The number of carbonyl (C=O) groups excluding carboxylic acids is 1. The van der Waals surface area contributed by atoms with Crippen molar-refractivity contribution in [1.29, 1.82) is 0 Å². The van der Waals surface area contributed by atoms with Crippen LogP contribution in [-0.2, 0) is 9.53 Å². The third kappa shape index (κ3) is 170. The Hall–Kier alpha value is 0.756. The fraction of sp³-hybridized carbons (Fsp3) is 0.571. The second-order valence-corrected chi connectivity index (χ2v) is 1.46. The molecule has 0 aromatic carbocycles. The number of hydrogen-bond acceptors (Lipinski definition) is 2. The van der Waals surface area contributed by atoms with E-state index in [1.54, 1.807) is 0 Å². The number of ether oxygens (including phenoxy) is 1. The molecule has 0 atom stereocenters. The fourth-order valence-corrected chi connectivity index (χ4v) is 0.144. The SMILES string of the molecule is FC(F)(F)F.[CH2-]CF.[CH2-]COC(C)=O.[K+]. The summed E-state index contributed by atoms with van der Waals surface area (Å²) in [5.74, 6) is -0.273. The first-order valence-electron chi connectivity index (χ1n) is 3.22. The summed E-state index contributed by atoms with van der Waals surface area (Å²) in [6, 6.07) is 0. The van der Waals surface area contributed by atoms with E-state index in [1.807, 2.05) is 0 Å². The van der Waals surface area contributed by atoms with Gasteiger partial charge in [0.15, 0.2) is 0 Å². The molecular weight excluding hydrogens is 250 g/mol. The summed E-state index contributed by atoms with van der Waals surface area (Å²) in [6.45, 7) is 7.19. The van der Waals surface area contributed by atoms with Gasteiger partial charge in [0, 0.05) is 6.92 Å². The van der Waals surface area contributed by atoms with Gasteiger partial charge in [-0.3, -0.25) is 9.18 Å². The average Bonchev–Trinajstić information content (AvgIpc) is 1.83. The topological polar surface area (TPSA) is 26.3 Å². The molecule has 0 bridgehead atoms. The second-order valence-electron chi connectivity index (χ2n) is 1.46. The van der Waals surface area contributed by atoms with E-state index < -0.39 is 13.1 Å². The minimum absolute atomic E-state index is 0. The van der Waals surface area contributed by atoms with Gasteiger partial charge >= 0.3 is 57.8 Å². The van der Waals surface area contributed by atoms with Crippen molar-refractivity contribution < 1.29 is 82.9 Å². The summed E-state index contributed by atoms with van der Waals surface area (Å²) >= 11 is 0. The van der Waals surface area contributed by atoms with Crippen LogP contribution >= 0.6 is 0 Å². The van der Waals surface area contributed by atoms with E-state index in [9.17, 15) is 26.7 Å². The Morgan fingerprint density at radius 3 is 1.47 bits per heavy atom. The van der Waals surface area contributed by atoms with Crippen molar-refractivity contribution in [2.75, 3.05) is 13.3 Å². The van der Waals surface area contributed by atoms with E-state index in [2.05, 4.69) is 18.6 Å². The van der Waals surface area contributed by atoms with Crippen LogP contribution in [0.25, 0.3) is 0 Å². The van der Waals surface area contributed by atoms with Crippen LogP contribution in [0, 0.1) is 13.8 Å². The Balaban J connectivity index is -0.0000000617. The molecule has 0 aromatic rings. The molecular formula is C7H11F5KO2-. The van der Waals surface area contributed by atoms with Crippen molar-refractivity contribution in [2.24, 2.45) is 0 Å². The van der Waals surface area contributed by atoms with E-state index in [0.717, 1.165) is 0 Å². The summed E-state index contributed by atoms with van der Waals surface area (Å²) in [5, 5.41) is 0. The van der Waals surface area contributed by atoms with Crippen molar-refractivity contribution in [3.8, 4) is 0 Å². The second kappa shape index (κ2) is 17.2. The van der Waals surface area contributed by atoms with Crippen LogP contribution in [0.3, 0.4) is 0 Å². The quantitative estimate of drug-likeness (QED) is 0.279. The number of hydrogen-bond donors (Lipinski definition) is 0. The maximum Gasteiger partial charge on any atom is 1.00 e. The molecule has 0 aliphatic heterocycles. The first-order chi connectivity index (χ1) is 6.18. The van der Waals surface area contributed by atoms with Crippen LogP contribution in [-0.4, -0.2) is 25.7 Å². The van der Waals surface area contributed by atoms with Gasteiger partial charge in [-0.25, -0.2) is 0 Å². The number of rotatable bonds is 1. The zero-order chi connectivity index (χ0) is 12.2. The number of carbonyl (C=O) groups is 1. The van der Waals surface area contributed by atoms with Gasteiger partial charge in [0.05, 0.1) is 0 Å². The third-order valence-corrected chi connectivity index (χ3v) is 0.305. The normalized spacial score (nSPS) is 8.27. The molecule has 0 heterocycles. The standard InChI is InChI=1S/C4H7O2.C2H4F.CF4.K/c1-3-6-4(2)5;1-2-3;2-1(3,4)5;/h1,3H2,2H3;1-2H2;;/q2*-1;;+1. The molecule has 15 heavy (non-hydrogen) atoms. The summed E-state index contributed by atoms with van der Waals surface area (Å²) < 4.78 is 53.2. The van der Waals surface area contributed by atoms with E-state index in [0.29, 0.717) is 0 Å². The van der Waals surface area contributed by atoms with Crippen molar-refractivity contribution in [3.63, 3.8) is 0 Å². The molecule has 0 aliphatic rings. The first-order valence-corrected chi connectivity index (χ1v) is 3.22. The Morgan fingerprint density at radius 2 is 1.47 bits per heavy atom. The van der Waals surface area contributed by atoms with Gasteiger partial charge < -0.3 is 18.6 Å². The Bertz CT molecular complexity index is 123. The summed E-state index contributed by atoms with van der Waals surface area (Å²) in [7, 11) is 0. The van der Waals surface area contributed by atoms with Crippen molar-refractivity contribution in [2.45, 2.75) is 13.4 Å². The predicted molar refractivity (Wildman–Crippen MR) is 40.5 cm³/mol. The molecule has 88 valence electrons. The maximum atomic E-state index is 10.2. The van der Waals surface area contributed by atoms with Crippen LogP contribution in [0.4, 0.5) is 22.0 Å². The van der Waals surface area contributed by atoms with E-state index in [-0.39, 0.29) is 64.0 Å². The molecule has 0 amide bonds. The maximum absolute atomic E-state index is 10.2. The summed E-state index contributed by atoms with van der Waals surface area (Å²) in [4.78, 5) is 9.78. The van der Waals surface area contributed by atoms with Gasteiger partial charge in [-0.15, -0.1) is 17.6 Å². The van der Waals surface area contributed by atoms with Crippen LogP contribution in [0.1, 0.15) is 6.92 Å². The summed E-state index contributed by atoms with van der Waals surface area (Å²) in [6.07, 6.45) is -5.50. The van der Waals surface area contributed by atoms with Crippen molar-refractivity contribution >= 4 is 5.97 Å². The average molecular weight is 261 g/mol. The molecule has 0 unspecified atom stereocenters. The fourth-order valence-electron chi connectivity index (χ4n) is 0.144. The first kappa shape index (κ1) is 24.8. The van der Waals surface area contributed by atoms with Crippen LogP contribution in [0.5, 0.6) is 0 Å². The van der Waals surface area contributed by atoms with Crippen molar-refractivity contribution in [1.82, 2.24) is 0 Å². The van der Waals surface area contributed by atoms with Crippen LogP contribution in [0.15, 0.2) is 0 Å². The van der Waals surface area contributed by atoms with E-state index in [4.69, 9.17) is 0 Å². The molecule has 0 rings (SSSR count). The van der Waals surface area contributed by atoms with Crippen LogP contribution in [0.2, 0.25) is 0 Å². The third-order valence-electron chi connectivity index (χ3n) is 0.305. The summed E-state index contributed by atoms with van der Waals surface area (Å²) in [5.41, 5.74) is 0. The smallest absolute Gasteiger partial charge is 0.499 e. The molecule has 8 heteroatoms. The largest absolute Gasteiger partial charge is 1.00 e. The van der Waals surface area contributed by atoms with E-state index in [1.165, 1.54) is 6.92 Å². The molecule has 0 fully saturated rings. The van der Waals surface area contributed by atoms with Gasteiger partial charge in [0.1, 0.15) is 0 Å². The molecule has 0 aromatic heterocycles. The number of halogens is 5. The van der Waals surface area contributed by atoms with Crippen LogP contribution < -0.4 is 51.4 Å². The molecule has 0 radical (unpaired) electrons. The minimum Gasteiger partial charge on any atom is -0.499 e. The molecule has 0 aliphatic carbocycles. The number of esters is 1. The van der Waals surface area contributed by atoms with Gasteiger partial charge in [-0.2, -0.15) is 0 Å². The Labute approximate surface area is 128 Å². The van der Waals surface area contributed by atoms with Gasteiger partial charge in [-0.1, -0.05) is 0 Å². The molecule has 0 N–H and O–H groups in total.